The second-order valence-corrected chi connectivity index (χ2v) is 9.12. The van der Waals surface area contributed by atoms with Gasteiger partial charge in [0.05, 0.1) is 27.2 Å². The van der Waals surface area contributed by atoms with Crippen LogP contribution >= 0.6 is 11.3 Å². The lowest BCUT2D eigenvalue weighted by Gasteiger charge is -2.19. The van der Waals surface area contributed by atoms with E-state index in [0.717, 1.165) is 22.9 Å². The van der Waals surface area contributed by atoms with Crippen molar-refractivity contribution >= 4 is 34.1 Å². The third-order valence-electron chi connectivity index (χ3n) is 5.91. The zero-order valence-corrected chi connectivity index (χ0v) is 19.0. The van der Waals surface area contributed by atoms with Crippen molar-refractivity contribution in [1.29, 1.82) is 0 Å². The van der Waals surface area contributed by atoms with Crippen LogP contribution in [0.5, 0.6) is 0 Å². The second kappa shape index (κ2) is 8.45. The van der Waals surface area contributed by atoms with Gasteiger partial charge in [0.15, 0.2) is 10.2 Å². The van der Waals surface area contributed by atoms with Gasteiger partial charge in [0.25, 0.3) is 5.56 Å². The predicted molar refractivity (Wildman–Crippen MR) is 134 cm³/mol. The van der Waals surface area contributed by atoms with Crippen LogP contribution in [-0.4, -0.2) is 4.57 Å². The number of fused-ring (bicyclic) bond motifs is 2. The van der Waals surface area contributed by atoms with Crippen LogP contribution < -0.4 is 20.3 Å². The van der Waals surface area contributed by atoms with Crippen molar-refractivity contribution in [3.8, 4) is 0 Å². The van der Waals surface area contributed by atoms with Crippen LogP contribution in [0.25, 0.3) is 22.7 Å². The highest BCUT2D eigenvalue weighted by Gasteiger charge is 2.22. The number of thiazole rings is 1. The molecule has 1 unspecified atom stereocenters. The molecule has 170 valence electrons. The summed E-state index contributed by atoms with van der Waals surface area (Å²) in [6.07, 6.45) is 4.77. The Morgan fingerprint density at radius 1 is 0.971 bits per heavy atom. The Morgan fingerprint density at radius 2 is 1.71 bits per heavy atom. The largest absolute Gasteiger partial charge is 0.463 e. The highest BCUT2D eigenvalue weighted by Crippen LogP contribution is 2.26. The van der Waals surface area contributed by atoms with E-state index in [1.165, 1.54) is 35.8 Å². The molecule has 1 aliphatic heterocycles. The number of halogens is 1. The minimum Gasteiger partial charge on any atom is -0.463 e. The first-order valence-corrected chi connectivity index (χ1v) is 11.8. The molecule has 1 atom stereocenters. The molecule has 0 saturated heterocycles. The molecule has 0 radical (unpaired) electrons. The predicted octanol–water partition coefficient (Wildman–Crippen LogP) is 4.25. The van der Waals surface area contributed by atoms with E-state index in [9.17, 15) is 14.0 Å². The van der Waals surface area contributed by atoms with Gasteiger partial charge in [-0.15, -0.1) is 0 Å². The monoisotopic (exact) mass is 480 g/mol. The van der Waals surface area contributed by atoms with Crippen molar-refractivity contribution in [2.45, 2.75) is 6.04 Å². The molecule has 0 bridgehead atoms. The molecular weight excluding hydrogens is 463 g/mol. The highest BCUT2D eigenvalue weighted by atomic mass is 32.1. The highest BCUT2D eigenvalue weighted by molar-refractivity contribution is 7.07. The number of allylic oxidation sites excluding steroid dienone is 1. The van der Waals surface area contributed by atoms with E-state index in [2.05, 4.69) is 0 Å². The molecule has 0 fully saturated rings. The fourth-order valence-electron chi connectivity index (χ4n) is 4.20. The van der Waals surface area contributed by atoms with Gasteiger partial charge in [-0.3, -0.25) is 14.2 Å². The molecule has 0 spiro atoms. The average molecular weight is 481 g/mol. The molecule has 0 saturated carbocycles. The number of hydrogen-bond donors (Lipinski definition) is 0. The normalized spacial score (nSPS) is 15.5. The summed E-state index contributed by atoms with van der Waals surface area (Å²) in [5.74, 6) is -0.530. The van der Waals surface area contributed by atoms with Crippen LogP contribution in [0.3, 0.4) is 0 Å². The topological polar surface area (TPSA) is 64.6 Å². The number of nitrogens with zero attached hydrogens (tertiary/aromatic N) is 2. The Labute approximate surface area is 202 Å². The van der Waals surface area contributed by atoms with Crippen molar-refractivity contribution in [3.63, 3.8) is 0 Å². The summed E-state index contributed by atoms with van der Waals surface area (Å²) < 4.78 is 21.2. The first-order chi connectivity index (χ1) is 17.1. The van der Waals surface area contributed by atoms with Crippen LogP contribution in [0.4, 0.5) is 4.39 Å². The van der Waals surface area contributed by atoms with E-state index in [-0.39, 0.29) is 28.1 Å². The Balaban J connectivity index is 1.58. The van der Waals surface area contributed by atoms with Crippen molar-refractivity contribution in [3.05, 3.63) is 144 Å². The van der Waals surface area contributed by atoms with E-state index < -0.39 is 11.2 Å². The van der Waals surface area contributed by atoms with Crippen LogP contribution in [0.1, 0.15) is 22.7 Å². The molecule has 1 aliphatic rings. The van der Waals surface area contributed by atoms with E-state index in [1.54, 1.807) is 4.57 Å². The molecule has 5 nitrogen and oxygen atoms in total. The third-order valence-corrected chi connectivity index (χ3v) is 6.89. The average Bonchev–Trinajstić information content (AvgIpc) is 3.21. The van der Waals surface area contributed by atoms with Crippen LogP contribution in [0, 0.1) is 5.82 Å². The van der Waals surface area contributed by atoms with Crippen LogP contribution in [0.2, 0.25) is 0 Å². The molecule has 3 heterocycles. The summed E-state index contributed by atoms with van der Waals surface area (Å²) in [5.41, 5.74) is 2.46. The molecule has 0 N–H and O–H groups in total. The van der Waals surface area contributed by atoms with E-state index in [4.69, 9.17) is 9.41 Å². The maximum atomic E-state index is 13.7. The van der Waals surface area contributed by atoms with E-state index >= 15 is 0 Å². The Kier molecular flexibility index (Phi) is 5.12. The molecule has 35 heavy (non-hydrogen) atoms. The zero-order chi connectivity index (χ0) is 23.9. The smallest absolute Gasteiger partial charge is 0.271 e. The van der Waals surface area contributed by atoms with Gasteiger partial charge < -0.3 is 4.42 Å². The van der Waals surface area contributed by atoms with E-state index in [1.807, 2.05) is 66.7 Å². The SMILES string of the molecule is O=c1c(/C=c2/sc3n(c2=O)C(c2ccccc2)C=C(c2ccccc2)N=3)coc2ccc(F)cc12. The summed E-state index contributed by atoms with van der Waals surface area (Å²) in [4.78, 5) is 31.8. The molecular formula is C28H17FN2O3S. The summed E-state index contributed by atoms with van der Waals surface area (Å²) >= 11 is 1.20. The Morgan fingerprint density at radius 3 is 2.49 bits per heavy atom. The number of benzene rings is 3. The Bertz CT molecular complexity index is 1850. The molecule has 7 heteroatoms. The van der Waals surface area contributed by atoms with Crippen molar-refractivity contribution in [2.75, 3.05) is 0 Å². The van der Waals surface area contributed by atoms with Crippen LogP contribution in [-0.2, 0) is 0 Å². The summed E-state index contributed by atoms with van der Waals surface area (Å²) in [7, 11) is 0. The lowest BCUT2D eigenvalue weighted by Crippen LogP contribution is -2.36. The lowest BCUT2D eigenvalue weighted by molar-refractivity contribution is 0.595. The first-order valence-electron chi connectivity index (χ1n) is 10.9. The van der Waals surface area contributed by atoms with Gasteiger partial charge in [0.2, 0.25) is 0 Å². The zero-order valence-electron chi connectivity index (χ0n) is 18.2. The maximum absolute atomic E-state index is 13.7. The fourth-order valence-corrected chi connectivity index (χ4v) is 5.21. The van der Waals surface area contributed by atoms with E-state index in [0.29, 0.717) is 9.33 Å². The third kappa shape index (κ3) is 3.76. The van der Waals surface area contributed by atoms with Gasteiger partial charge in [0, 0.05) is 0 Å². The number of aromatic nitrogens is 1. The standard InChI is InChI=1S/C28H17FN2O3S/c29-20-11-12-24-21(14-20)26(32)19(16-34-24)13-25-27(33)31-23(18-9-5-2-6-10-18)15-22(30-28(31)35-25)17-7-3-1-4-8-17/h1-16,23H/b25-13+. The van der Waals surface area contributed by atoms with Gasteiger partial charge in [-0.1, -0.05) is 72.0 Å². The van der Waals surface area contributed by atoms with Gasteiger partial charge in [-0.2, -0.15) is 0 Å². The first kappa shape index (κ1) is 21.2. The maximum Gasteiger partial charge on any atom is 0.271 e. The molecule has 6 rings (SSSR count). The van der Waals surface area contributed by atoms with Gasteiger partial charge in [-0.25, -0.2) is 9.38 Å². The summed E-state index contributed by atoms with van der Waals surface area (Å²) in [6.45, 7) is 0. The number of rotatable bonds is 3. The minimum absolute atomic E-state index is 0.125. The lowest BCUT2D eigenvalue weighted by atomic mass is 10.0. The van der Waals surface area contributed by atoms with Gasteiger partial charge >= 0.3 is 0 Å². The molecule has 5 aromatic rings. The molecule has 2 aromatic heterocycles. The molecule has 0 amide bonds. The Hall–Kier alpha value is -4.36. The quantitative estimate of drug-likeness (QED) is 0.388. The summed E-state index contributed by atoms with van der Waals surface area (Å²) in [5, 5.41) is 0.125. The fraction of sp³-hybridized carbons (Fsp3) is 0.0357. The second-order valence-electron chi connectivity index (χ2n) is 8.11. The number of hydrogen-bond acceptors (Lipinski definition) is 5. The van der Waals surface area contributed by atoms with Crippen molar-refractivity contribution in [2.24, 2.45) is 4.99 Å². The summed E-state index contributed by atoms with van der Waals surface area (Å²) in [6, 6.07) is 22.9. The van der Waals surface area contributed by atoms with Gasteiger partial charge in [-0.05, 0) is 41.5 Å². The molecule has 3 aromatic carbocycles. The van der Waals surface area contributed by atoms with Crippen molar-refractivity contribution < 1.29 is 8.81 Å². The van der Waals surface area contributed by atoms with Crippen molar-refractivity contribution in [1.82, 2.24) is 4.57 Å². The molecule has 0 aliphatic carbocycles. The van der Waals surface area contributed by atoms with Gasteiger partial charge in [0.1, 0.15) is 17.7 Å². The minimum atomic E-state index is -0.530. The van der Waals surface area contributed by atoms with Crippen LogP contribution in [0.15, 0.2) is 110 Å².